The number of nitrogens with two attached hydrogens (primary N) is 1. The van der Waals surface area contributed by atoms with Gasteiger partial charge in [-0.15, -0.1) is 11.3 Å². The second kappa shape index (κ2) is 4.14. The number of thiophene rings is 1. The minimum atomic E-state index is 0.736. The number of nitrogens with zero attached hydrogens (tertiary/aromatic N) is 2. The number of aromatic nitrogens is 1. The molecule has 0 saturated heterocycles. The largest absolute Gasteiger partial charge is 0.397 e. The fraction of sp³-hybridized carbons (Fsp3) is 0.250. The molecule has 2 aromatic rings. The van der Waals surface area contributed by atoms with E-state index in [1.54, 1.807) is 17.5 Å². The van der Waals surface area contributed by atoms with Crippen LogP contribution in [0, 0.1) is 13.8 Å². The fourth-order valence-corrected chi connectivity index (χ4v) is 2.45. The lowest BCUT2D eigenvalue weighted by atomic mass is 10.2. The van der Waals surface area contributed by atoms with Gasteiger partial charge in [-0.2, -0.15) is 0 Å². The summed E-state index contributed by atoms with van der Waals surface area (Å²) in [5.41, 5.74) is 8.82. The summed E-state index contributed by atoms with van der Waals surface area (Å²) < 4.78 is 0. The Bertz CT molecular complexity index is 505. The molecule has 4 heteroatoms. The smallest absolute Gasteiger partial charge is 0.133 e. The molecule has 0 atom stereocenters. The molecule has 16 heavy (non-hydrogen) atoms. The molecule has 0 fully saturated rings. The lowest BCUT2D eigenvalue weighted by Gasteiger charge is -2.18. The molecule has 0 amide bonds. The standard InChI is InChI=1S/C12H15N3S/c1-8-4-5-16-12(8)15(3)11-6-9(2)10(13)7-14-11/h4-7H,13H2,1-3H3. The van der Waals surface area contributed by atoms with Gasteiger partial charge < -0.3 is 10.6 Å². The Balaban J connectivity index is 2.38. The van der Waals surface area contributed by atoms with Crippen molar-refractivity contribution in [2.45, 2.75) is 13.8 Å². The highest BCUT2D eigenvalue weighted by molar-refractivity contribution is 7.14. The molecule has 2 N–H and O–H groups in total. The molecule has 0 radical (unpaired) electrons. The Kier molecular flexibility index (Phi) is 2.83. The van der Waals surface area contributed by atoms with E-state index in [9.17, 15) is 0 Å². The molecule has 0 aliphatic rings. The average molecular weight is 233 g/mol. The second-order valence-corrected chi connectivity index (χ2v) is 4.76. The van der Waals surface area contributed by atoms with Gasteiger partial charge in [0.05, 0.1) is 16.9 Å². The van der Waals surface area contributed by atoms with E-state index in [0.29, 0.717) is 0 Å². The Morgan fingerprint density at radius 1 is 1.31 bits per heavy atom. The van der Waals surface area contributed by atoms with Gasteiger partial charge >= 0.3 is 0 Å². The van der Waals surface area contributed by atoms with Crippen LogP contribution in [0.2, 0.25) is 0 Å². The number of nitrogen functional groups attached to an aromatic ring is 1. The van der Waals surface area contributed by atoms with E-state index in [0.717, 1.165) is 17.1 Å². The van der Waals surface area contributed by atoms with E-state index >= 15 is 0 Å². The van der Waals surface area contributed by atoms with Crippen LogP contribution in [0.25, 0.3) is 0 Å². The van der Waals surface area contributed by atoms with Crippen LogP contribution in [-0.4, -0.2) is 12.0 Å². The van der Waals surface area contributed by atoms with Crippen molar-refractivity contribution in [1.82, 2.24) is 4.98 Å². The van der Waals surface area contributed by atoms with Crippen LogP contribution in [0.3, 0.4) is 0 Å². The molecule has 0 spiro atoms. The highest BCUT2D eigenvalue weighted by Crippen LogP contribution is 2.31. The minimum absolute atomic E-state index is 0.736. The summed E-state index contributed by atoms with van der Waals surface area (Å²) in [6.07, 6.45) is 1.71. The average Bonchev–Trinajstić information content (AvgIpc) is 2.67. The quantitative estimate of drug-likeness (QED) is 0.866. The number of pyridine rings is 1. The SMILES string of the molecule is Cc1cc(N(C)c2sccc2C)ncc1N. The molecule has 0 saturated carbocycles. The molecule has 2 rings (SSSR count). The third kappa shape index (κ3) is 1.88. The van der Waals surface area contributed by atoms with Gasteiger partial charge in [-0.1, -0.05) is 0 Å². The van der Waals surface area contributed by atoms with E-state index < -0.39 is 0 Å². The maximum atomic E-state index is 5.76. The van der Waals surface area contributed by atoms with Crippen LogP contribution in [0.15, 0.2) is 23.7 Å². The Labute approximate surface area is 99.5 Å². The molecule has 3 nitrogen and oxygen atoms in total. The maximum Gasteiger partial charge on any atom is 0.133 e. The molecule has 0 aromatic carbocycles. The summed E-state index contributed by atoms with van der Waals surface area (Å²) in [6.45, 7) is 4.10. The molecule has 0 bridgehead atoms. The van der Waals surface area contributed by atoms with Gasteiger partial charge in [-0.25, -0.2) is 4.98 Å². The number of aryl methyl sites for hydroxylation is 2. The van der Waals surface area contributed by atoms with Gasteiger partial charge in [0.15, 0.2) is 0 Å². The molecular formula is C12H15N3S. The Morgan fingerprint density at radius 2 is 2.06 bits per heavy atom. The van der Waals surface area contributed by atoms with Crippen molar-refractivity contribution in [1.29, 1.82) is 0 Å². The topological polar surface area (TPSA) is 42.2 Å². The summed E-state index contributed by atoms with van der Waals surface area (Å²) in [7, 11) is 2.02. The zero-order valence-corrected chi connectivity index (χ0v) is 10.5. The predicted molar refractivity (Wildman–Crippen MR) is 70.5 cm³/mol. The summed E-state index contributed by atoms with van der Waals surface area (Å²) in [4.78, 5) is 6.43. The first-order valence-electron chi connectivity index (χ1n) is 5.09. The lowest BCUT2D eigenvalue weighted by molar-refractivity contribution is 1.13. The van der Waals surface area contributed by atoms with Crippen molar-refractivity contribution >= 4 is 27.8 Å². The van der Waals surface area contributed by atoms with Crippen LogP contribution in [0.1, 0.15) is 11.1 Å². The van der Waals surface area contributed by atoms with Crippen LogP contribution in [0.4, 0.5) is 16.5 Å². The van der Waals surface area contributed by atoms with E-state index in [2.05, 4.69) is 28.3 Å². The van der Waals surface area contributed by atoms with Crippen LogP contribution in [0.5, 0.6) is 0 Å². The van der Waals surface area contributed by atoms with Gasteiger partial charge in [0.1, 0.15) is 5.82 Å². The third-order valence-corrected chi connectivity index (χ3v) is 3.71. The summed E-state index contributed by atoms with van der Waals surface area (Å²) in [6, 6.07) is 4.12. The van der Waals surface area contributed by atoms with Crippen molar-refractivity contribution in [3.8, 4) is 0 Å². The zero-order valence-electron chi connectivity index (χ0n) is 9.69. The van der Waals surface area contributed by atoms with Gasteiger partial charge in [-0.05, 0) is 42.5 Å². The monoisotopic (exact) mass is 233 g/mol. The second-order valence-electron chi connectivity index (χ2n) is 3.87. The molecule has 0 aliphatic heterocycles. The van der Waals surface area contributed by atoms with Crippen molar-refractivity contribution in [2.24, 2.45) is 0 Å². The molecule has 0 aliphatic carbocycles. The van der Waals surface area contributed by atoms with Crippen LogP contribution in [-0.2, 0) is 0 Å². The van der Waals surface area contributed by atoms with E-state index in [1.165, 1.54) is 10.6 Å². The fourth-order valence-electron chi connectivity index (χ4n) is 1.55. The van der Waals surface area contributed by atoms with Gasteiger partial charge in [0.2, 0.25) is 0 Å². The van der Waals surface area contributed by atoms with Crippen LogP contribution < -0.4 is 10.6 Å². The van der Waals surface area contributed by atoms with Crippen molar-refractivity contribution in [2.75, 3.05) is 17.7 Å². The normalized spacial score (nSPS) is 10.4. The highest BCUT2D eigenvalue weighted by atomic mass is 32.1. The molecule has 2 aromatic heterocycles. The first kappa shape index (κ1) is 11.0. The number of rotatable bonds is 2. The zero-order chi connectivity index (χ0) is 11.7. The predicted octanol–water partition coefficient (Wildman–Crippen LogP) is 3.11. The Hall–Kier alpha value is -1.55. The molecular weight excluding hydrogens is 218 g/mol. The number of anilines is 3. The maximum absolute atomic E-state index is 5.76. The van der Waals surface area contributed by atoms with Crippen molar-refractivity contribution < 1.29 is 0 Å². The summed E-state index contributed by atoms with van der Waals surface area (Å²) >= 11 is 1.72. The lowest BCUT2D eigenvalue weighted by Crippen LogP contribution is -2.11. The number of hydrogen-bond donors (Lipinski definition) is 1. The van der Waals surface area contributed by atoms with Crippen LogP contribution >= 0.6 is 11.3 Å². The Morgan fingerprint density at radius 3 is 2.62 bits per heavy atom. The third-order valence-electron chi connectivity index (χ3n) is 2.62. The minimum Gasteiger partial charge on any atom is -0.397 e. The van der Waals surface area contributed by atoms with E-state index in [-0.39, 0.29) is 0 Å². The van der Waals surface area contributed by atoms with Gasteiger partial charge in [0, 0.05) is 7.05 Å². The summed E-state index contributed by atoms with van der Waals surface area (Å²) in [5, 5.41) is 3.31. The van der Waals surface area contributed by atoms with Crippen molar-refractivity contribution in [3.63, 3.8) is 0 Å². The molecule has 2 heterocycles. The van der Waals surface area contributed by atoms with Gasteiger partial charge in [-0.3, -0.25) is 0 Å². The van der Waals surface area contributed by atoms with E-state index in [1.807, 2.05) is 20.0 Å². The highest BCUT2D eigenvalue weighted by Gasteiger charge is 2.10. The summed E-state index contributed by atoms with van der Waals surface area (Å²) in [5.74, 6) is 0.928. The first-order chi connectivity index (χ1) is 7.59. The molecule has 84 valence electrons. The van der Waals surface area contributed by atoms with Gasteiger partial charge in [0.25, 0.3) is 0 Å². The molecule has 0 unspecified atom stereocenters. The number of hydrogen-bond acceptors (Lipinski definition) is 4. The first-order valence-corrected chi connectivity index (χ1v) is 5.97. The van der Waals surface area contributed by atoms with E-state index in [4.69, 9.17) is 5.73 Å². The van der Waals surface area contributed by atoms with Crippen molar-refractivity contribution in [3.05, 3.63) is 34.8 Å².